The second-order valence-corrected chi connectivity index (χ2v) is 5.69. The molecule has 0 bridgehead atoms. The Balaban J connectivity index is 2.00. The smallest absolute Gasteiger partial charge is 0.422 e. The number of aliphatic carboxylic acids is 1. The van der Waals surface area contributed by atoms with Crippen molar-refractivity contribution >= 4 is 11.9 Å². The van der Waals surface area contributed by atoms with Gasteiger partial charge in [-0.2, -0.15) is 13.2 Å². The number of hydrogen-bond donors (Lipinski definition) is 1. The zero-order chi connectivity index (χ0) is 18.6. The molecule has 0 saturated heterocycles. The predicted octanol–water partition coefficient (Wildman–Crippen LogP) is 2.47. The summed E-state index contributed by atoms with van der Waals surface area (Å²) in [6.07, 6.45) is -3.06. The first-order chi connectivity index (χ1) is 11.7. The van der Waals surface area contributed by atoms with Gasteiger partial charge in [-0.25, -0.2) is 4.79 Å². The number of amides is 1. The number of hydrogen-bond acceptors (Lipinski definition) is 4. The van der Waals surface area contributed by atoms with Gasteiger partial charge in [0.25, 0.3) is 5.91 Å². The number of carbonyl (C=O) groups excluding carboxylic acids is 1. The number of alkyl halides is 3. The van der Waals surface area contributed by atoms with Gasteiger partial charge in [-0.3, -0.25) is 4.79 Å². The summed E-state index contributed by atoms with van der Waals surface area (Å²) in [5.74, 6) is -1.83. The summed E-state index contributed by atoms with van der Waals surface area (Å²) in [4.78, 5) is 24.7. The molecule has 9 heteroatoms. The largest absolute Gasteiger partial charge is 0.480 e. The Kier molecular flexibility index (Phi) is 5.76. The number of halogens is 3. The topological polar surface area (TPSA) is 76.1 Å². The fraction of sp³-hybridized carbons (Fsp3) is 0.500. The van der Waals surface area contributed by atoms with Crippen molar-refractivity contribution in [3.05, 3.63) is 24.3 Å². The van der Waals surface area contributed by atoms with Crippen molar-refractivity contribution in [2.45, 2.75) is 38.0 Å². The van der Waals surface area contributed by atoms with Crippen LogP contribution in [0.3, 0.4) is 0 Å². The van der Waals surface area contributed by atoms with Gasteiger partial charge in [0, 0.05) is 6.04 Å². The van der Waals surface area contributed by atoms with E-state index in [9.17, 15) is 22.8 Å². The van der Waals surface area contributed by atoms with E-state index in [0.717, 1.165) is 0 Å². The van der Waals surface area contributed by atoms with Crippen LogP contribution >= 0.6 is 0 Å². The second-order valence-electron chi connectivity index (χ2n) is 5.69. The minimum Gasteiger partial charge on any atom is -0.480 e. The van der Waals surface area contributed by atoms with Crippen LogP contribution in [0, 0.1) is 0 Å². The van der Waals surface area contributed by atoms with Gasteiger partial charge in [-0.05, 0) is 31.9 Å². The molecular formula is C16H18F3NO5. The Bertz CT molecular complexity index is 630. The third-order valence-corrected chi connectivity index (χ3v) is 3.59. The van der Waals surface area contributed by atoms with Gasteiger partial charge in [-0.15, -0.1) is 0 Å². The van der Waals surface area contributed by atoms with Crippen LogP contribution in [-0.2, 0) is 9.59 Å². The van der Waals surface area contributed by atoms with Crippen LogP contribution in [0.1, 0.15) is 19.8 Å². The number of carbonyl (C=O) groups is 2. The Hall–Kier alpha value is -2.45. The van der Waals surface area contributed by atoms with Crippen LogP contribution in [0.5, 0.6) is 11.5 Å². The maximum absolute atomic E-state index is 12.3. The summed E-state index contributed by atoms with van der Waals surface area (Å²) in [6, 6.07) is 4.53. The van der Waals surface area contributed by atoms with E-state index in [4.69, 9.17) is 9.84 Å². The molecule has 1 N–H and O–H groups in total. The lowest BCUT2D eigenvalue weighted by Crippen LogP contribution is -2.46. The zero-order valence-electron chi connectivity index (χ0n) is 13.5. The van der Waals surface area contributed by atoms with Crippen molar-refractivity contribution in [3.8, 4) is 11.5 Å². The number of nitrogens with zero attached hydrogens (tertiary/aromatic N) is 1. The Labute approximate surface area is 142 Å². The van der Waals surface area contributed by atoms with Crippen LogP contribution in [0.2, 0.25) is 0 Å². The Morgan fingerprint density at radius 1 is 1.24 bits per heavy atom. The summed E-state index contributed by atoms with van der Waals surface area (Å²) >= 11 is 0. The van der Waals surface area contributed by atoms with E-state index in [1.54, 1.807) is 0 Å². The highest BCUT2D eigenvalue weighted by Gasteiger charge is 2.38. The molecule has 2 rings (SSSR count). The molecule has 25 heavy (non-hydrogen) atoms. The molecule has 1 aliphatic rings. The number of carboxylic acids is 1. The van der Waals surface area contributed by atoms with Crippen molar-refractivity contribution in [2.75, 3.05) is 13.2 Å². The molecule has 1 aromatic rings. The summed E-state index contributed by atoms with van der Waals surface area (Å²) in [7, 11) is 0. The van der Waals surface area contributed by atoms with Crippen molar-refractivity contribution in [1.29, 1.82) is 0 Å². The van der Waals surface area contributed by atoms with Crippen LogP contribution in [0.15, 0.2) is 24.3 Å². The molecule has 1 atom stereocenters. The fourth-order valence-corrected chi connectivity index (χ4v) is 2.27. The summed E-state index contributed by atoms with van der Waals surface area (Å²) in [5.41, 5.74) is 0. The lowest BCUT2D eigenvalue weighted by molar-refractivity contribution is -0.154. The average molecular weight is 361 g/mol. The molecule has 1 amide bonds. The summed E-state index contributed by atoms with van der Waals surface area (Å²) in [5, 5.41) is 9.09. The minimum atomic E-state index is -4.50. The molecule has 138 valence electrons. The molecule has 1 fully saturated rings. The third kappa shape index (κ3) is 5.54. The van der Waals surface area contributed by atoms with E-state index in [0.29, 0.717) is 12.8 Å². The van der Waals surface area contributed by atoms with Gasteiger partial charge >= 0.3 is 12.1 Å². The third-order valence-electron chi connectivity index (χ3n) is 3.59. The van der Waals surface area contributed by atoms with E-state index in [1.165, 1.54) is 36.1 Å². The summed E-state index contributed by atoms with van der Waals surface area (Å²) in [6.45, 7) is -0.564. The average Bonchev–Trinajstić information content (AvgIpc) is 3.35. The van der Waals surface area contributed by atoms with Gasteiger partial charge in [0.2, 0.25) is 0 Å². The molecule has 6 nitrogen and oxygen atoms in total. The quantitative estimate of drug-likeness (QED) is 0.770. The highest BCUT2D eigenvalue weighted by atomic mass is 19.4. The molecule has 0 radical (unpaired) electrons. The molecule has 0 heterocycles. The van der Waals surface area contributed by atoms with E-state index < -0.39 is 37.3 Å². The highest BCUT2D eigenvalue weighted by Crippen LogP contribution is 2.31. The van der Waals surface area contributed by atoms with Gasteiger partial charge in [-0.1, -0.05) is 12.1 Å². The Morgan fingerprint density at radius 2 is 1.80 bits per heavy atom. The van der Waals surface area contributed by atoms with Gasteiger partial charge in [0.05, 0.1) is 0 Å². The Morgan fingerprint density at radius 3 is 2.28 bits per heavy atom. The van der Waals surface area contributed by atoms with E-state index in [2.05, 4.69) is 4.74 Å². The molecule has 0 aromatic heterocycles. The zero-order valence-corrected chi connectivity index (χ0v) is 13.5. The maximum Gasteiger partial charge on any atom is 0.422 e. The van der Waals surface area contributed by atoms with Gasteiger partial charge in [0.15, 0.2) is 24.7 Å². The molecule has 1 saturated carbocycles. The molecule has 0 spiro atoms. The molecular weight excluding hydrogens is 343 g/mol. The summed E-state index contributed by atoms with van der Waals surface area (Å²) < 4.78 is 46.8. The first kappa shape index (κ1) is 18.9. The number of benzene rings is 1. The van der Waals surface area contributed by atoms with Crippen LogP contribution in [-0.4, -0.2) is 53.4 Å². The maximum atomic E-state index is 12.3. The fourth-order valence-electron chi connectivity index (χ4n) is 2.27. The monoisotopic (exact) mass is 361 g/mol. The normalized spacial score (nSPS) is 15.4. The van der Waals surface area contributed by atoms with E-state index >= 15 is 0 Å². The molecule has 1 unspecified atom stereocenters. The van der Waals surface area contributed by atoms with Crippen LogP contribution in [0.25, 0.3) is 0 Å². The lowest BCUT2D eigenvalue weighted by atomic mass is 10.2. The van der Waals surface area contributed by atoms with Crippen molar-refractivity contribution in [3.63, 3.8) is 0 Å². The predicted molar refractivity (Wildman–Crippen MR) is 80.5 cm³/mol. The molecule has 0 aliphatic heterocycles. The van der Waals surface area contributed by atoms with Crippen molar-refractivity contribution < 1.29 is 37.3 Å². The number of ether oxygens (including phenoxy) is 2. The molecule has 1 aliphatic carbocycles. The molecule has 1 aromatic carbocycles. The van der Waals surface area contributed by atoms with Gasteiger partial charge < -0.3 is 19.5 Å². The van der Waals surface area contributed by atoms with Crippen LogP contribution in [0.4, 0.5) is 13.2 Å². The van der Waals surface area contributed by atoms with Gasteiger partial charge in [0.1, 0.15) is 6.04 Å². The second kappa shape index (κ2) is 7.62. The number of rotatable bonds is 8. The van der Waals surface area contributed by atoms with E-state index in [-0.39, 0.29) is 17.5 Å². The number of carboxylic acid groups (broad SMARTS) is 1. The van der Waals surface area contributed by atoms with Crippen molar-refractivity contribution in [2.24, 2.45) is 0 Å². The first-order valence-corrected chi connectivity index (χ1v) is 7.64. The van der Waals surface area contributed by atoms with E-state index in [1.807, 2.05) is 0 Å². The number of para-hydroxylation sites is 2. The highest BCUT2D eigenvalue weighted by molar-refractivity contribution is 5.85. The first-order valence-electron chi connectivity index (χ1n) is 7.64. The minimum absolute atomic E-state index is 0.0150. The lowest BCUT2D eigenvalue weighted by Gasteiger charge is -2.26. The SMILES string of the molecule is CC(C(=O)O)N(C(=O)COc1ccccc1OCC(F)(F)F)C1CC1. The van der Waals surface area contributed by atoms with Crippen molar-refractivity contribution in [1.82, 2.24) is 4.90 Å². The van der Waals surface area contributed by atoms with Crippen LogP contribution < -0.4 is 9.47 Å². The standard InChI is InChI=1S/C16H18F3NO5/c1-10(15(22)23)20(11-6-7-11)14(21)8-24-12-4-2-3-5-13(12)25-9-16(17,18)19/h2-5,10-11H,6-9H2,1H3,(H,22,23).